The standard InChI is InChI=1S/C16H12BrFN2O3/c17-14-8-12(18)3-2-11(14)10-22-16(21)15-5-4-13(23-15)9-20-7-1-6-19-20/h1-8H,9-10H2. The molecule has 0 aliphatic rings. The van der Waals surface area contributed by atoms with Gasteiger partial charge in [-0.3, -0.25) is 4.68 Å². The second kappa shape index (κ2) is 6.78. The van der Waals surface area contributed by atoms with Crippen LogP contribution in [-0.2, 0) is 17.9 Å². The van der Waals surface area contributed by atoms with E-state index in [1.807, 2.05) is 0 Å². The maximum Gasteiger partial charge on any atom is 0.374 e. The van der Waals surface area contributed by atoms with Crippen molar-refractivity contribution in [3.63, 3.8) is 0 Å². The van der Waals surface area contributed by atoms with E-state index in [4.69, 9.17) is 9.15 Å². The van der Waals surface area contributed by atoms with Crippen molar-refractivity contribution in [2.45, 2.75) is 13.2 Å². The van der Waals surface area contributed by atoms with E-state index in [1.54, 1.807) is 41.3 Å². The Labute approximate surface area is 139 Å². The molecule has 2 heterocycles. The SMILES string of the molecule is O=C(OCc1ccc(F)cc1Br)c1ccc(Cn2cccn2)o1. The molecule has 0 saturated heterocycles. The fraction of sp³-hybridized carbons (Fsp3) is 0.125. The first kappa shape index (κ1) is 15.5. The predicted octanol–water partition coefficient (Wildman–Crippen LogP) is 3.78. The molecule has 0 unspecified atom stereocenters. The van der Waals surface area contributed by atoms with Crippen molar-refractivity contribution in [3.8, 4) is 0 Å². The fourth-order valence-electron chi connectivity index (χ4n) is 1.98. The molecule has 3 aromatic rings. The third kappa shape index (κ3) is 3.87. The number of benzene rings is 1. The van der Waals surface area contributed by atoms with Crippen molar-refractivity contribution in [2.75, 3.05) is 0 Å². The van der Waals surface area contributed by atoms with Gasteiger partial charge in [0.2, 0.25) is 5.76 Å². The van der Waals surface area contributed by atoms with Crippen LogP contribution in [0, 0.1) is 5.82 Å². The first-order chi connectivity index (χ1) is 11.1. The van der Waals surface area contributed by atoms with Crippen LogP contribution in [0.15, 0.2) is 57.7 Å². The largest absolute Gasteiger partial charge is 0.455 e. The molecule has 5 nitrogen and oxygen atoms in total. The first-order valence-electron chi connectivity index (χ1n) is 6.79. The molecule has 0 N–H and O–H groups in total. The van der Waals surface area contributed by atoms with Gasteiger partial charge in [-0.05, 0) is 30.3 Å². The molecule has 0 fully saturated rings. The van der Waals surface area contributed by atoms with Gasteiger partial charge in [0.1, 0.15) is 18.2 Å². The molecule has 0 aliphatic carbocycles. The molecule has 0 saturated carbocycles. The molecule has 7 heteroatoms. The molecule has 0 spiro atoms. The number of carbonyl (C=O) groups is 1. The van der Waals surface area contributed by atoms with Gasteiger partial charge in [-0.25, -0.2) is 9.18 Å². The van der Waals surface area contributed by atoms with Crippen molar-refractivity contribution in [2.24, 2.45) is 0 Å². The molecule has 0 bridgehead atoms. The molecule has 2 aromatic heterocycles. The van der Waals surface area contributed by atoms with Gasteiger partial charge in [-0.1, -0.05) is 22.0 Å². The molecule has 0 amide bonds. The monoisotopic (exact) mass is 378 g/mol. The van der Waals surface area contributed by atoms with Gasteiger partial charge in [0.25, 0.3) is 0 Å². The lowest BCUT2D eigenvalue weighted by molar-refractivity contribution is 0.0433. The van der Waals surface area contributed by atoms with Crippen LogP contribution in [0.2, 0.25) is 0 Å². The number of rotatable bonds is 5. The van der Waals surface area contributed by atoms with Crippen LogP contribution in [0.4, 0.5) is 4.39 Å². The van der Waals surface area contributed by atoms with Crippen LogP contribution >= 0.6 is 15.9 Å². The zero-order valence-electron chi connectivity index (χ0n) is 11.9. The lowest BCUT2D eigenvalue weighted by Gasteiger charge is -2.05. The van der Waals surface area contributed by atoms with Gasteiger partial charge >= 0.3 is 5.97 Å². The number of ether oxygens (including phenoxy) is 1. The summed E-state index contributed by atoms with van der Waals surface area (Å²) in [4.78, 5) is 12.0. The molecular weight excluding hydrogens is 367 g/mol. The molecule has 0 radical (unpaired) electrons. The summed E-state index contributed by atoms with van der Waals surface area (Å²) in [5, 5.41) is 4.06. The molecule has 118 valence electrons. The maximum absolute atomic E-state index is 13.0. The Balaban J connectivity index is 1.61. The van der Waals surface area contributed by atoms with E-state index < -0.39 is 5.97 Å². The molecule has 1 aromatic carbocycles. The average molecular weight is 379 g/mol. The van der Waals surface area contributed by atoms with E-state index in [0.29, 0.717) is 22.3 Å². The van der Waals surface area contributed by atoms with Gasteiger partial charge in [0.15, 0.2) is 0 Å². The Kier molecular flexibility index (Phi) is 4.57. The zero-order chi connectivity index (χ0) is 16.2. The molecule has 23 heavy (non-hydrogen) atoms. The van der Waals surface area contributed by atoms with Crippen molar-refractivity contribution in [1.82, 2.24) is 9.78 Å². The van der Waals surface area contributed by atoms with Crippen molar-refractivity contribution in [3.05, 3.63) is 76.2 Å². The summed E-state index contributed by atoms with van der Waals surface area (Å²) in [6, 6.07) is 9.24. The highest BCUT2D eigenvalue weighted by Crippen LogP contribution is 2.19. The number of aromatic nitrogens is 2. The number of carbonyl (C=O) groups excluding carboxylic acids is 1. The summed E-state index contributed by atoms with van der Waals surface area (Å²) in [6.45, 7) is 0.457. The quantitative estimate of drug-likeness (QED) is 0.633. The zero-order valence-corrected chi connectivity index (χ0v) is 13.5. The minimum absolute atomic E-state index is 0.0227. The second-order valence-corrected chi connectivity index (χ2v) is 5.64. The van der Waals surface area contributed by atoms with Crippen LogP contribution in [0.3, 0.4) is 0 Å². The third-order valence-electron chi connectivity index (χ3n) is 3.11. The molecule has 0 atom stereocenters. The highest BCUT2D eigenvalue weighted by atomic mass is 79.9. The normalized spacial score (nSPS) is 10.7. The Morgan fingerprint density at radius 3 is 2.96 bits per heavy atom. The van der Waals surface area contributed by atoms with E-state index in [9.17, 15) is 9.18 Å². The van der Waals surface area contributed by atoms with Crippen LogP contribution in [0.1, 0.15) is 21.9 Å². The van der Waals surface area contributed by atoms with E-state index in [2.05, 4.69) is 21.0 Å². The maximum atomic E-state index is 13.0. The number of hydrogen-bond acceptors (Lipinski definition) is 4. The van der Waals surface area contributed by atoms with E-state index >= 15 is 0 Å². The summed E-state index contributed by atoms with van der Waals surface area (Å²) in [5.74, 6) is -0.219. The lowest BCUT2D eigenvalue weighted by Crippen LogP contribution is -2.05. The Bertz CT molecular complexity index is 815. The summed E-state index contributed by atoms with van der Waals surface area (Å²) in [5.41, 5.74) is 0.670. The van der Waals surface area contributed by atoms with Gasteiger partial charge in [0, 0.05) is 22.4 Å². The van der Waals surface area contributed by atoms with Gasteiger partial charge in [0.05, 0.1) is 6.54 Å². The van der Waals surface area contributed by atoms with Gasteiger partial charge in [-0.15, -0.1) is 0 Å². The van der Waals surface area contributed by atoms with Gasteiger partial charge in [-0.2, -0.15) is 5.10 Å². The number of nitrogens with zero attached hydrogens (tertiary/aromatic N) is 2. The summed E-state index contributed by atoms with van der Waals surface area (Å²) in [6.07, 6.45) is 3.46. The first-order valence-corrected chi connectivity index (χ1v) is 7.58. The summed E-state index contributed by atoms with van der Waals surface area (Å²) in [7, 11) is 0. The molecule has 3 rings (SSSR count). The number of esters is 1. The van der Waals surface area contributed by atoms with Crippen LogP contribution in [0.5, 0.6) is 0 Å². The van der Waals surface area contributed by atoms with Crippen LogP contribution < -0.4 is 0 Å². The number of furan rings is 1. The predicted molar refractivity (Wildman–Crippen MR) is 83.3 cm³/mol. The Hall–Kier alpha value is -2.41. The number of hydrogen-bond donors (Lipinski definition) is 0. The lowest BCUT2D eigenvalue weighted by atomic mass is 10.2. The summed E-state index contributed by atoms with van der Waals surface area (Å²) >= 11 is 3.23. The second-order valence-electron chi connectivity index (χ2n) is 4.78. The molecule has 0 aliphatic heterocycles. The number of halogens is 2. The highest BCUT2D eigenvalue weighted by Gasteiger charge is 2.14. The van der Waals surface area contributed by atoms with E-state index in [-0.39, 0.29) is 18.2 Å². The minimum atomic E-state index is -0.576. The van der Waals surface area contributed by atoms with Crippen molar-refractivity contribution >= 4 is 21.9 Å². The van der Waals surface area contributed by atoms with Crippen molar-refractivity contribution < 1.29 is 18.3 Å². The Morgan fingerprint density at radius 2 is 2.22 bits per heavy atom. The smallest absolute Gasteiger partial charge is 0.374 e. The van der Waals surface area contributed by atoms with Crippen LogP contribution in [0.25, 0.3) is 0 Å². The minimum Gasteiger partial charge on any atom is -0.455 e. The highest BCUT2D eigenvalue weighted by molar-refractivity contribution is 9.10. The topological polar surface area (TPSA) is 57.3 Å². The van der Waals surface area contributed by atoms with Crippen molar-refractivity contribution in [1.29, 1.82) is 0 Å². The van der Waals surface area contributed by atoms with E-state index in [0.717, 1.165) is 0 Å². The third-order valence-corrected chi connectivity index (χ3v) is 3.85. The van der Waals surface area contributed by atoms with Gasteiger partial charge < -0.3 is 9.15 Å². The fourth-order valence-corrected chi connectivity index (χ4v) is 2.44. The van der Waals surface area contributed by atoms with Crippen LogP contribution in [-0.4, -0.2) is 15.7 Å². The molecular formula is C16H12BrFN2O3. The van der Waals surface area contributed by atoms with E-state index in [1.165, 1.54) is 12.1 Å². The Morgan fingerprint density at radius 1 is 1.35 bits per heavy atom. The summed E-state index contributed by atoms with van der Waals surface area (Å²) < 4.78 is 25.9. The average Bonchev–Trinajstić information content (AvgIpc) is 3.18.